The van der Waals surface area contributed by atoms with Gasteiger partial charge in [-0.15, -0.1) is 0 Å². The minimum atomic E-state index is -0.123. The van der Waals surface area contributed by atoms with Crippen molar-refractivity contribution < 1.29 is 9.52 Å². The maximum atomic E-state index is 9.39. The van der Waals surface area contributed by atoms with Crippen LogP contribution >= 0.6 is 0 Å². The SMILES string of the molecule is OCc1ccc(-c2c(-c3ccccc3)ncn2Cc2n[nH]c3c2CCC3)o1. The van der Waals surface area contributed by atoms with Gasteiger partial charge in [0.2, 0.25) is 0 Å². The first-order chi connectivity index (χ1) is 13.3. The highest BCUT2D eigenvalue weighted by atomic mass is 16.4. The molecule has 0 aliphatic heterocycles. The molecule has 0 bridgehead atoms. The summed E-state index contributed by atoms with van der Waals surface area (Å²) in [6, 6.07) is 13.8. The molecule has 0 fully saturated rings. The fraction of sp³-hybridized carbons (Fsp3) is 0.238. The van der Waals surface area contributed by atoms with Crippen molar-refractivity contribution in [3.05, 3.63) is 71.5 Å². The third-order valence-electron chi connectivity index (χ3n) is 5.15. The van der Waals surface area contributed by atoms with Crippen LogP contribution in [0.4, 0.5) is 0 Å². The maximum Gasteiger partial charge on any atom is 0.153 e. The van der Waals surface area contributed by atoms with E-state index in [1.807, 2.05) is 42.7 Å². The number of aryl methyl sites for hydroxylation is 1. The lowest BCUT2D eigenvalue weighted by atomic mass is 10.1. The zero-order chi connectivity index (χ0) is 18.2. The second kappa shape index (κ2) is 6.55. The zero-order valence-electron chi connectivity index (χ0n) is 14.9. The smallest absolute Gasteiger partial charge is 0.153 e. The topological polar surface area (TPSA) is 79.9 Å². The molecule has 1 aliphatic rings. The Hall–Kier alpha value is -3.12. The van der Waals surface area contributed by atoms with Gasteiger partial charge in [0.1, 0.15) is 18.1 Å². The number of nitrogens with zero attached hydrogens (tertiary/aromatic N) is 3. The molecule has 1 aliphatic carbocycles. The minimum absolute atomic E-state index is 0.123. The van der Waals surface area contributed by atoms with Crippen LogP contribution in [0.1, 0.15) is 29.1 Å². The number of hydrogen-bond acceptors (Lipinski definition) is 4. The molecule has 0 saturated carbocycles. The summed E-state index contributed by atoms with van der Waals surface area (Å²) in [5, 5.41) is 17.1. The highest BCUT2D eigenvalue weighted by Gasteiger charge is 2.22. The van der Waals surface area contributed by atoms with Gasteiger partial charge in [-0.3, -0.25) is 5.10 Å². The Morgan fingerprint density at radius 3 is 2.81 bits per heavy atom. The predicted octanol–water partition coefficient (Wildman–Crippen LogP) is 3.56. The zero-order valence-corrected chi connectivity index (χ0v) is 14.9. The molecule has 0 atom stereocenters. The average molecular weight is 360 g/mol. The Kier molecular flexibility index (Phi) is 3.90. The van der Waals surface area contributed by atoms with Crippen LogP contribution in [0.2, 0.25) is 0 Å². The fourth-order valence-electron chi connectivity index (χ4n) is 3.84. The van der Waals surface area contributed by atoms with Gasteiger partial charge in [0, 0.05) is 11.3 Å². The van der Waals surface area contributed by atoms with Crippen molar-refractivity contribution in [2.45, 2.75) is 32.4 Å². The monoisotopic (exact) mass is 360 g/mol. The van der Waals surface area contributed by atoms with E-state index in [-0.39, 0.29) is 6.61 Å². The highest BCUT2D eigenvalue weighted by molar-refractivity contribution is 5.76. The minimum Gasteiger partial charge on any atom is -0.457 e. The number of furan rings is 1. The molecule has 3 heterocycles. The normalized spacial score (nSPS) is 13.2. The number of aliphatic hydroxyl groups excluding tert-OH is 1. The number of aliphatic hydroxyl groups is 1. The van der Waals surface area contributed by atoms with Gasteiger partial charge in [-0.1, -0.05) is 30.3 Å². The van der Waals surface area contributed by atoms with Crippen LogP contribution in [0, 0.1) is 0 Å². The molecule has 0 saturated heterocycles. The van der Waals surface area contributed by atoms with E-state index in [1.165, 1.54) is 17.7 Å². The van der Waals surface area contributed by atoms with Gasteiger partial charge in [0.05, 0.1) is 24.3 Å². The van der Waals surface area contributed by atoms with Crippen LogP contribution in [-0.4, -0.2) is 24.9 Å². The number of fused-ring (bicyclic) bond motifs is 1. The molecule has 5 rings (SSSR count). The summed E-state index contributed by atoms with van der Waals surface area (Å²) >= 11 is 0. The molecule has 4 aromatic rings. The number of aromatic amines is 1. The quantitative estimate of drug-likeness (QED) is 0.570. The molecule has 0 amide bonds. The Bertz CT molecular complexity index is 1080. The second-order valence-electron chi connectivity index (χ2n) is 6.84. The standard InChI is InChI=1S/C21H20N4O2/c26-12-15-9-10-19(27-15)21-20(14-5-2-1-3-6-14)22-13-25(21)11-18-16-7-4-8-17(16)23-24-18/h1-3,5-6,9-10,13,26H,4,7-8,11-12H2,(H,23,24). The molecule has 0 unspecified atom stereocenters. The van der Waals surface area contributed by atoms with Crippen molar-refractivity contribution in [2.24, 2.45) is 0 Å². The second-order valence-corrected chi connectivity index (χ2v) is 6.84. The summed E-state index contributed by atoms with van der Waals surface area (Å²) < 4.78 is 7.93. The molecule has 0 radical (unpaired) electrons. The molecule has 3 aromatic heterocycles. The summed E-state index contributed by atoms with van der Waals surface area (Å²) in [7, 11) is 0. The van der Waals surface area contributed by atoms with Gasteiger partial charge in [0.15, 0.2) is 5.76 Å². The van der Waals surface area contributed by atoms with Gasteiger partial charge < -0.3 is 14.1 Å². The van der Waals surface area contributed by atoms with Crippen LogP contribution in [0.15, 0.2) is 53.2 Å². The Morgan fingerprint density at radius 1 is 1.11 bits per heavy atom. The first kappa shape index (κ1) is 16.1. The third kappa shape index (κ3) is 2.78. The number of H-pyrrole nitrogens is 1. The van der Waals surface area contributed by atoms with Crippen LogP contribution < -0.4 is 0 Å². The number of aromatic nitrogens is 4. The van der Waals surface area contributed by atoms with Gasteiger partial charge >= 0.3 is 0 Å². The lowest BCUT2D eigenvalue weighted by Crippen LogP contribution is -2.03. The van der Waals surface area contributed by atoms with Gasteiger partial charge in [-0.05, 0) is 37.0 Å². The van der Waals surface area contributed by atoms with Crippen LogP contribution in [0.25, 0.3) is 22.7 Å². The lowest BCUT2D eigenvalue weighted by molar-refractivity contribution is 0.248. The molecular weight excluding hydrogens is 340 g/mol. The predicted molar refractivity (Wildman–Crippen MR) is 101 cm³/mol. The molecule has 0 spiro atoms. The van der Waals surface area contributed by atoms with E-state index in [0.717, 1.165) is 35.5 Å². The molecule has 136 valence electrons. The number of rotatable bonds is 5. The molecule has 6 nitrogen and oxygen atoms in total. The Labute approximate surface area is 156 Å². The van der Waals surface area contributed by atoms with Crippen molar-refractivity contribution >= 4 is 0 Å². The van der Waals surface area contributed by atoms with E-state index in [0.29, 0.717) is 18.1 Å². The van der Waals surface area contributed by atoms with Gasteiger partial charge in [0.25, 0.3) is 0 Å². The molecule has 27 heavy (non-hydrogen) atoms. The van der Waals surface area contributed by atoms with Crippen molar-refractivity contribution in [3.63, 3.8) is 0 Å². The summed E-state index contributed by atoms with van der Waals surface area (Å²) in [6.07, 6.45) is 5.17. The van der Waals surface area contributed by atoms with Crippen LogP contribution in [-0.2, 0) is 26.0 Å². The highest BCUT2D eigenvalue weighted by Crippen LogP contribution is 2.33. The average Bonchev–Trinajstić information content (AvgIpc) is 3.47. The van der Waals surface area contributed by atoms with E-state index in [4.69, 9.17) is 4.42 Å². The van der Waals surface area contributed by atoms with Crippen molar-refractivity contribution in [2.75, 3.05) is 0 Å². The largest absolute Gasteiger partial charge is 0.457 e. The number of benzene rings is 1. The summed E-state index contributed by atoms with van der Waals surface area (Å²) in [4.78, 5) is 4.67. The Balaban J connectivity index is 1.61. The Morgan fingerprint density at radius 2 is 2.00 bits per heavy atom. The number of imidazole rings is 1. The number of hydrogen-bond donors (Lipinski definition) is 2. The van der Waals surface area contributed by atoms with E-state index >= 15 is 0 Å². The van der Waals surface area contributed by atoms with Crippen LogP contribution in [0.5, 0.6) is 0 Å². The summed E-state index contributed by atoms with van der Waals surface area (Å²) in [5.41, 5.74) is 6.45. The van der Waals surface area contributed by atoms with Gasteiger partial charge in [-0.25, -0.2) is 4.98 Å². The van der Waals surface area contributed by atoms with E-state index in [9.17, 15) is 5.11 Å². The first-order valence-corrected chi connectivity index (χ1v) is 9.19. The van der Waals surface area contributed by atoms with E-state index in [1.54, 1.807) is 6.07 Å². The maximum absolute atomic E-state index is 9.39. The lowest BCUT2D eigenvalue weighted by Gasteiger charge is -2.08. The van der Waals surface area contributed by atoms with E-state index < -0.39 is 0 Å². The van der Waals surface area contributed by atoms with E-state index in [2.05, 4.69) is 19.7 Å². The number of nitrogens with one attached hydrogen (secondary N) is 1. The first-order valence-electron chi connectivity index (χ1n) is 9.19. The third-order valence-corrected chi connectivity index (χ3v) is 5.15. The molecule has 2 N–H and O–H groups in total. The van der Waals surface area contributed by atoms with Crippen LogP contribution in [0.3, 0.4) is 0 Å². The fourth-order valence-corrected chi connectivity index (χ4v) is 3.84. The summed E-state index contributed by atoms with van der Waals surface area (Å²) in [5.74, 6) is 1.24. The molecular formula is C21H20N4O2. The van der Waals surface area contributed by atoms with Gasteiger partial charge in [-0.2, -0.15) is 5.10 Å². The molecule has 6 heteroatoms. The van der Waals surface area contributed by atoms with Crippen molar-refractivity contribution in [3.8, 4) is 22.7 Å². The molecule has 1 aromatic carbocycles. The van der Waals surface area contributed by atoms with Crippen molar-refractivity contribution in [1.29, 1.82) is 0 Å². The van der Waals surface area contributed by atoms with Crippen molar-refractivity contribution in [1.82, 2.24) is 19.7 Å². The summed E-state index contributed by atoms with van der Waals surface area (Å²) in [6.45, 7) is 0.512.